The molecule has 0 heterocycles. The maximum absolute atomic E-state index is 5.41. The Hall–Kier alpha value is -1.71. The van der Waals surface area contributed by atoms with Gasteiger partial charge in [-0.15, -0.1) is 0 Å². The van der Waals surface area contributed by atoms with Gasteiger partial charge in [-0.2, -0.15) is 0 Å². The van der Waals surface area contributed by atoms with E-state index in [1.165, 1.54) is 0 Å². The lowest BCUT2D eigenvalue weighted by atomic mass is 10.1. The lowest BCUT2D eigenvalue weighted by molar-refractivity contribution is 0.396. The first-order chi connectivity index (χ1) is 10.1. The predicted molar refractivity (Wildman–Crippen MR) is 89.9 cm³/mol. The highest BCUT2D eigenvalue weighted by Crippen LogP contribution is 2.18. The Morgan fingerprint density at radius 3 is 2.67 bits per heavy atom. The zero-order chi connectivity index (χ0) is 15.7. The summed E-state index contributed by atoms with van der Waals surface area (Å²) in [5.74, 6) is 2.54. The molecular weight excluding hydrogens is 262 g/mol. The molecule has 21 heavy (non-hydrogen) atoms. The molecular formula is C17H29N3O. The zero-order valence-corrected chi connectivity index (χ0v) is 14.0. The molecule has 0 saturated heterocycles. The van der Waals surface area contributed by atoms with Crippen molar-refractivity contribution in [2.75, 3.05) is 27.2 Å². The molecule has 0 fully saturated rings. The van der Waals surface area contributed by atoms with E-state index in [-0.39, 0.29) is 0 Å². The van der Waals surface area contributed by atoms with Crippen LogP contribution in [0.3, 0.4) is 0 Å². The van der Waals surface area contributed by atoms with Gasteiger partial charge in [-0.3, -0.25) is 4.99 Å². The summed E-state index contributed by atoms with van der Waals surface area (Å²) in [6.45, 7) is 9.04. The average Bonchev–Trinajstić information content (AvgIpc) is 2.46. The molecule has 1 rings (SSSR count). The second-order valence-corrected chi connectivity index (χ2v) is 5.59. The Morgan fingerprint density at radius 1 is 1.33 bits per heavy atom. The van der Waals surface area contributed by atoms with Crippen LogP contribution < -0.4 is 10.1 Å². The minimum atomic E-state index is 0.677. The van der Waals surface area contributed by atoms with Gasteiger partial charge in [-0.1, -0.05) is 32.0 Å². The maximum atomic E-state index is 5.41. The van der Waals surface area contributed by atoms with E-state index in [2.05, 4.69) is 44.1 Å². The summed E-state index contributed by atoms with van der Waals surface area (Å²) in [5, 5.41) is 3.35. The van der Waals surface area contributed by atoms with Gasteiger partial charge in [0.25, 0.3) is 0 Å². The van der Waals surface area contributed by atoms with E-state index in [9.17, 15) is 0 Å². The number of hydrogen-bond acceptors (Lipinski definition) is 2. The molecule has 0 aliphatic carbocycles. The predicted octanol–water partition coefficient (Wildman–Crippen LogP) is 3.14. The Labute approximate surface area is 129 Å². The normalized spacial score (nSPS) is 11.6. The van der Waals surface area contributed by atoms with Gasteiger partial charge in [-0.25, -0.2) is 0 Å². The second kappa shape index (κ2) is 9.27. The molecule has 4 nitrogen and oxygen atoms in total. The highest BCUT2D eigenvalue weighted by atomic mass is 16.5. The van der Waals surface area contributed by atoms with Crippen molar-refractivity contribution in [3.8, 4) is 5.75 Å². The molecule has 0 saturated carbocycles. The molecule has 0 aromatic heterocycles. The Balaban J connectivity index is 2.74. The largest absolute Gasteiger partial charge is 0.496 e. The van der Waals surface area contributed by atoms with Gasteiger partial charge >= 0.3 is 0 Å². The van der Waals surface area contributed by atoms with Crippen molar-refractivity contribution in [1.29, 1.82) is 0 Å². The Morgan fingerprint density at radius 2 is 2.05 bits per heavy atom. The van der Waals surface area contributed by atoms with Crippen LogP contribution in [0.2, 0.25) is 0 Å². The number of guanidine groups is 1. The fourth-order valence-electron chi connectivity index (χ4n) is 2.06. The summed E-state index contributed by atoms with van der Waals surface area (Å²) < 4.78 is 5.41. The summed E-state index contributed by atoms with van der Waals surface area (Å²) >= 11 is 0. The molecule has 0 unspecified atom stereocenters. The summed E-state index contributed by atoms with van der Waals surface area (Å²) in [6.07, 6.45) is 1.11. The number of para-hydroxylation sites is 1. The number of benzene rings is 1. The van der Waals surface area contributed by atoms with Crippen LogP contribution in [-0.4, -0.2) is 38.1 Å². The van der Waals surface area contributed by atoms with E-state index in [0.29, 0.717) is 5.92 Å². The van der Waals surface area contributed by atoms with E-state index in [4.69, 9.17) is 9.73 Å². The SMILES string of the molecule is CCNC(=NCCC(C)C)N(C)Cc1ccccc1OC. The van der Waals surface area contributed by atoms with Crippen LogP contribution >= 0.6 is 0 Å². The van der Waals surface area contributed by atoms with Crippen LogP contribution in [0, 0.1) is 5.92 Å². The number of aliphatic imine (C=N–C) groups is 1. The first-order valence-corrected chi connectivity index (χ1v) is 7.69. The van der Waals surface area contributed by atoms with Gasteiger partial charge in [0.2, 0.25) is 0 Å². The Bertz CT molecular complexity index is 443. The first kappa shape index (κ1) is 17.3. The van der Waals surface area contributed by atoms with Crippen molar-refractivity contribution in [1.82, 2.24) is 10.2 Å². The van der Waals surface area contributed by atoms with Gasteiger partial charge in [0.15, 0.2) is 5.96 Å². The van der Waals surface area contributed by atoms with Crippen LogP contribution in [0.15, 0.2) is 29.3 Å². The molecule has 4 heteroatoms. The van der Waals surface area contributed by atoms with Crippen molar-refractivity contribution in [2.45, 2.75) is 33.7 Å². The van der Waals surface area contributed by atoms with Crippen LogP contribution in [0.25, 0.3) is 0 Å². The fraction of sp³-hybridized carbons (Fsp3) is 0.588. The van der Waals surface area contributed by atoms with Crippen molar-refractivity contribution in [2.24, 2.45) is 10.9 Å². The Kier molecular flexibility index (Phi) is 7.65. The van der Waals surface area contributed by atoms with E-state index >= 15 is 0 Å². The number of rotatable bonds is 7. The molecule has 0 bridgehead atoms. The van der Waals surface area contributed by atoms with Crippen molar-refractivity contribution < 1.29 is 4.74 Å². The third-order valence-electron chi connectivity index (χ3n) is 3.26. The molecule has 0 spiro atoms. The maximum Gasteiger partial charge on any atom is 0.193 e. The van der Waals surface area contributed by atoms with Crippen LogP contribution in [-0.2, 0) is 6.54 Å². The van der Waals surface area contributed by atoms with Crippen LogP contribution in [0.4, 0.5) is 0 Å². The van der Waals surface area contributed by atoms with E-state index in [1.807, 2.05) is 18.2 Å². The van der Waals surface area contributed by atoms with Gasteiger partial charge in [0.05, 0.1) is 7.11 Å². The third kappa shape index (κ3) is 6.06. The first-order valence-electron chi connectivity index (χ1n) is 7.69. The number of nitrogens with zero attached hydrogens (tertiary/aromatic N) is 2. The molecule has 0 amide bonds. The number of methoxy groups -OCH3 is 1. The number of hydrogen-bond donors (Lipinski definition) is 1. The average molecular weight is 291 g/mol. The monoisotopic (exact) mass is 291 g/mol. The highest BCUT2D eigenvalue weighted by Gasteiger charge is 2.09. The van der Waals surface area contributed by atoms with E-state index in [0.717, 1.165) is 43.3 Å². The van der Waals surface area contributed by atoms with Gasteiger partial charge in [-0.05, 0) is 25.3 Å². The molecule has 0 aliphatic heterocycles. The van der Waals surface area contributed by atoms with Crippen LogP contribution in [0.1, 0.15) is 32.8 Å². The molecule has 1 N–H and O–H groups in total. The summed E-state index contributed by atoms with van der Waals surface area (Å²) in [6, 6.07) is 8.11. The van der Waals surface area contributed by atoms with E-state index < -0.39 is 0 Å². The quantitative estimate of drug-likeness (QED) is 0.619. The molecule has 118 valence electrons. The minimum Gasteiger partial charge on any atom is -0.496 e. The van der Waals surface area contributed by atoms with Crippen molar-refractivity contribution >= 4 is 5.96 Å². The minimum absolute atomic E-state index is 0.677. The summed E-state index contributed by atoms with van der Waals surface area (Å²) in [5.41, 5.74) is 1.16. The molecule has 1 aromatic carbocycles. The number of ether oxygens (including phenoxy) is 1. The van der Waals surface area contributed by atoms with Crippen molar-refractivity contribution in [3.63, 3.8) is 0 Å². The zero-order valence-electron chi connectivity index (χ0n) is 14.0. The van der Waals surface area contributed by atoms with Gasteiger partial charge < -0.3 is 15.0 Å². The van der Waals surface area contributed by atoms with Gasteiger partial charge in [0, 0.05) is 32.2 Å². The standard InChI is InChI=1S/C17H29N3O/c1-6-18-17(19-12-11-14(2)3)20(4)13-15-9-7-8-10-16(15)21-5/h7-10,14H,6,11-13H2,1-5H3,(H,18,19). The second-order valence-electron chi connectivity index (χ2n) is 5.59. The molecule has 0 atom stereocenters. The third-order valence-corrected chi connectivity index (χ3v) is 3.26. The fourth-order valence-corrected chi connectivity index (χ4v) is 2.06. The molecule has 0 aliphatic rings. The lowest BCUT2D eigenvalue weighted by Crippen LogP contribution is -2.38. The summed E-state index contributed by atoms with van der Waals surface area (Å²) in [7, 11) is 3.77. The number of nitrogens with one attached hydrogen (secondary N) is 1. The van der Waals surface area contributed by atoms with Gasteiger partial charge in [0.1, 0.15) is 5.75 Å². The molecule has 0 radical (unpaired) electrons. The van der Waals surface area contributed by atoms with Crippen LogP contribution in [0.5, 0.6) is 5.75 Å². The lowest BCUT2D eigenvalue weighted by Gasteiger charge is -2.23. The highest BCUT2D eigenvalue weighted by molar-refractivity contribution is 5.79. The summed E-state index contributed by atoms with van der Waals surface area (Å²) in [4.78, 5) is 6.84. The smallest absolute Gasteiger partial charge is 0.193 e. The van der Waals surface area contributed by atoms with E-state index in [1.54, 1.807) is 7.11 Å². The molecule has 1 aromatic rings. The van der Waals surface area contributed by atoms with Crippen molar-refractivity contribution in [3.05, 3.63) is 29.8 Å². The topological polar surface area (TPSA) is 36.9 Å².